The predicted octanol–water partition coefficient (Wildman–Crippen LogP) is 0.976. The Kier molecular flexibility index (Phi) is 3.67. The van der Waals surface area contributed by atoms with Crippen LogP contribution in [0.1, 0.15) is 15.9 Å². The van der Waals surface area contributed by atoms with Crippen LogP contribution in [0, 0.1) is 6.92 Å². The minimum atomic E-state index is 0.0960. The molecule has 2 nitrogen and oxygen atoms in total. The Labute approximate surface area is 89.5 Å². The average Bonchev–Trinajstić information content (AvgIpc) is 2.08. The second-order valence-corrected chi connectivity index (χ2v) is 4.20. The highest BCUT2D eigenvalue weighted by Crippen LogP contribution is 2.17. The minimum absolute atomic E-state index is 0.0960. The van der Waals surface area contributed by atoms with Crippen LogP contribution in [0.5, 0.6) is 0 Å². The van der Waals surface area contributed by atoms with Gasteiger partial charge in [0.15, 0.2) is 0 Å². The zero-order valence-corrected chi connectivity index (χ0v) is 9.48. The third-order valence-corrected chi connectivity index (χ3v) is 2.27. The van der Waals surface area contributed by atoms with Crippen molar-refractivity contribution >= 4 is 17.4 Å². The highest BCUT2D eigenvalue weighted by molar-refractivity contribution is 6.34. The van der Waals surface area contributed by atoms with Crippen molar-refractivity contribution in [1.82, 2.24) is 0 Å². The molecule has 0 amide bonds. The Morgan fingerprint density at radius 1 is 1.43 bits per heavy atom. The highest BCUT2D eigenvalue weighted by Gasteiger charge is 2.13. The van der Waals surface area contributed by atoms with E-state index in [1.54, 1.807) is 6.07 Å². The maximum Gasteiger partial charge on any atom is 0.218 e. The van der Waals surface area contributed by atoms with Crippen LogP contribution in [-0.4, -0.2) is 26.4 Å². The molecule has 0 unspecified atom stereocenters. The number of carbonyl (C=O) groups is 1. The molecule has 1 rings (SSSR count). The molecule has 1 aromatic rings. The lowest BCUT2D eigenvalue weighted by Gasteiger charge is -2.07. The lowest BCUT2D eigenvalue weighted by molar-refractivity contribution is -0.848. The third kappa shape index (κ3) is 2.82. The normalized spacial score (nSPS) is 10.6. The first kappa shape index (κ1) is 11.2. The van der Waals surface area contributed by atoms with Gasteiger partial charge in [0.2, 0.25) is 5.78 Å². The van der Waals surface area contributed by atoms with E-state index < -0.39 is 0 Å². The predicted molar refractivity (Wildman–Crippen MR) is 58.2 cm³/mol. The number of carbonyl (C=O) groups excluding carboxylic acids is 1. The van der Waals surface area contributed by atoms with E-state index in [1.807, 2.05) is 33.2 Å². The van der Waals surface area contributed by atoms with Crippen molar-refractivity contribution in [2.75, 3.05) is 20.6 Å². The van der Waals surface area contributed by atoms with Crippen molar-refractivity contribution in [1.29, 1.82) is 0 Å². The van der Waals surface area contributed by atoms with Gasteiger partial charge in [0.25, 0.3) is 0 Å². The summed E-state index contributed by atoms with van der Waals surface area (Å²) < 4.78 is 0. The maximum absolute atomic E-state index is 11.7. The molecule has 0 atom stereocenters. The molecule has 1 aromatic carbocycles. The van der Waals surface area contributed by atoms with E-state index in [-0.39, 0.29) is 5.78 Å². The molecule has 0 aliphatic heterocycles. The largest absolute Gasteiger partial charge is 0.333 e. The molecule has 0 aliphatic carbocycles. The van der Waals surface area contributed by atoms with Gasteiger partial charge in [0.1, 0.15) is 6.54 Å². The molecule has 3 heteroatoms. The van der Waals surface area contributed by atoms with E-state index in [0.29, 0.717) is 17.1 Å². The number of Topliss-reactive ketones (excluding diaryl/α,β-unsaturated/α-hetero) is 1. The summed E-state index contributed by atoms with van der Waals surface area (Å²) in [6, 6.07) is 5.52. The Balaban J connectivity index is 2.94. The summed E-state index contributed by atoms with van der Waals surface area (Å²) in [5.74, 6) is 0.0960. The molecule has 0 spiro atoms. The van der Waals surface area contributed by atoms with Crippen LogP contribution in [0.25, 0.3) is 0 Å². The van der Waals surface area contributed by atoms with Gasteiger partial charge in [-0.3, -0.25) is 4.79 Å². The summed E-state index contributed by atoms with van der Waals surface area (Å²) in [7, 11) is 3.89. The van der Waals surface area contributed by atoms with Crippen molar-refractivity contribution in [2.45, 2.75) is 6.92 Å². The Morgan fingerprint density at radius 3 is 2.64 bits per heavy atom. The Hall–Kier alpha value is -0.860. The van der Waals surface area contributed by atoms with Crippen LogP contribution >= 0.6 is 11.6 Å². The second-order valence-electron chi connectivity index (χ2n) is 3.79. The summed E-state index contributed by atoms with van der Waals surface area (Å²) in [6.07, 6.45) is 0. The van der Waals surface area contributed by atoms with Gasteiger partial charge in [-0.05, 0) is 19.1 Å². The summed E-state index contributed by atoms with van der Waals surface area (Å²) in [5, 5.41) is 0.543. The monoisotopic (exact) mass is 212 g/mol. The van der Waals surface area contributed by atoms with Gasteiger partial charge in [-0.2, -0.15) is 0 Å². The number of benzene rings is 1. The van der Waals surface area contributed by atoms with Crippen molar-refractivity contribution < 1.29 is 9.69 Å². The van der Waals surface area contributed by atoms with E-state index in [1.165, 1.54) is 0 Å². The van der Waals surface area contributed by atoms with E-state index in [2.05, 4.69) is 0 Å². The SMILES string of the molecule is Cc1ccc(Cl)c(C(=O)C[NH+](C)C)c1. The van der Waals surface area contributed by atoms with E-state index in [4.69, 9.17) is 11.6 Å². The van der Waals surface area contributed by atoms with Gasteiger partial charge in [-0.15, -0.1) is 0 Å². The summed E-state index contributed by atoms with van der Waals surface area (Å²) >= 11 is 5.94. The second kappa shape index (κ2) is 4.58. The molecular weight excluding hydrogens is 198 g/mol. The Bertz CT molecular complexity index is 347. The van der Waals surface area contributed by atoms with Gasteiger partial charge < -0.3 is 4.90 Å². The molecule has 0 fully saturated rings. The van der Waals surface area contributed by atoms with Crippen LogP contribution in [0.2, 0.25) is 5.02 Å². The molecule has 0 radical (unpaired) electrons. The number of quaternary nitrogens is 1. The minimum Gasteiger partial charge on any atom is -0.333 e. The van der Waals surface area contributed by atoms with Gasteiger partial charge in [0, 0.05) is 5.56 Å². The highest BCUT2D eigenvalue weighted by atomic mass is 35.5. The molecule has 14 heavy (non-hydrogen) atoms. The van der Waals surface area contributed by atoms with Crippen molar-refractivity contribution in [3.05, 3.63) is 34.3 Å². The number of ketones is 1. The fraction of sp³-hybridized carbons (Fsp3) is 0.364. The van der Waals surface area contributed by atoms with Crippen LogP contribution in [0.4, 0.5) is 0 Å². The Morgan fingerprint density at radius 2 is 2.07 bits per heavy atom. The zero-order chi connectivity index (χ0) is 10.7. The smallest absolute Gasteiger partial charge is 0.218 e. The summed E-state index contributed by atoms with van der Waals surface area (Å²) in [4.78, 5) is 12.8. The van der Waals surface area contributed by atoms with E-state index >= 15 is 0 Å². The van der Waals surface area contributed by atoms with Crippen molar-refractivity contribution in [3.63, 3.8) is 0 Å². The first-order valence-electron chi connectivity index (χ1n) is 4.59. The van der Waals surface area contributed by atoms with Crippen LogP contribution < -0.4 is 4.90 Å². The average molecular weight is 213 g/mol. The molecule has 0 saturated heterocycles. The standard InChI is InChI=1S/C11H14ClNO/c1-8-4-5-10(12)9(6-8)11(14)7-13(2)3/h4-6H,7H2,1-3H3/p+1. The number of hydrogen-bond acceptors (Lipinski definition) is 1. The number of hydrogen-bond donors (Lipinski definition) is 1. The van der Waals surface area contributed by atoms with Crippen LogP contribution in [0.15, 0.2) is 18.2 Å². The molecule has 0 aliphatic rings. The fourth-order valence-electron chi connectivity index (χ4n) is 1.27. The summed E-state index contributed by atoms with van der Waals surface area (Å²) in [6.45, 7) is 2.43. The molecule has 0 saturated carbocycles. The topological polar surface area (TPSA) is 21.5 Å². The van der Waals surface area contributed by atoms with Gasteiger partial charge in [-0.1, -0.05) is 23.2 Å². The molecule has 0 heterocycles. The van der Waals surface area contributed by atoms with Gasteiger partial charge in [0.05, 0.1) is 19.1 Å². The fourth-order valence-corrected chi connectivity index (χ4v) is 1.49. The van der Waals surface area contributed by atoms with Gasteiger partial charge >= 0.3 is 0 Å². The number of nitrogens with one attached hydrogen (secondary N) is 1. The molecular formula is C11H15ClNO+. The number of halogens is 1. The molecule has 1 N–H and O–H groups in total. The molecule has 0 aromatic heterocycles. The van der Waals surface area contributed by atoms with Crippen LogP contribution in [0.3, 0.4) is 0 Å². The first-order valence-corrected chi connectivity index (χ1v) is 4.97. The molecule has 76 valence electrons. The zero-order valence-electron chi connectivity index (χ0n) is 8.73. The lowest BCUT2D eigenvalue weighted by Crippen LogP contribution is -3.06. The maximum atomic E-state index is 11.7. The number of aryl methyl sites for hydroxylation is 1. The number of rotatable bonds is 3. The quantitative estimate of drug-likeness (QED) is 0.742. The lowest BCUT2D eigenvalue weighted by atomic mass is 10.1. The summed E-state index contributed by atoms with van der Waals surface area (Å²) in [5.41, 5.74) is 1.69. The van der Waals surface area contributed by atoms with E-state index in [9.17, 15) is 4.79 Å². The van der Waals surface area contributed by atoms with Crippen molar-refractivity contribution in [3.8, 4) is 0 Å². The third-order valence-electron chi connectivity index (χ3n) is 1.94. The number of likely N-dealkylation sites (N-methyl/N-ethyl adjacent to an activating group) is 1. The van der Waals surface area contributed by atoms with E-state index in [0.717, 1.165) is 10.5 Å². The first-order chi connectivity index (χ1) is 6.50. The van der Waals surface area contributed by atoms with Gasteiger partial charge in [-0.25, -0.2) is 0 Å². The molecule has 0 bridgehead atoms. The van der Waals surface area contributed by atoms with Crippen molar-refractivity contribution in [2.24, 2.45) is 0 Å². The van der Waals surface area contributed by atoms with Crippen LogP contribution in [-0.2, 0) is 0 Å².